The minimum absolute atomic E-state index is 0.129. The quantitative estimate of drug-likeness (QED) is 0.637. The van der Waals surface area contributed by atoms with Gasteiger partial charge in [0.15, 0.2) is 0 Å². The summed E-state index contributed by atoms with van der Waals surface area (Å²) in [6.45, 7) is 3.88. The van der Waals surface area contributed by atoms with Gasteiger partial charge in [0.1, 0.15) is 10.8 Å². The van der Waals surface area contributed by atoms with Gasteiger partial charge in [-0.25, -0.2) is 5.43 Å². The van der Waals surface area contributed by atoms with E-state index in [0.717, 1.165) is 0 Å². The third-order valence-electron chi connectivity index (χ3n) is 2.86. The summed E-state index contributed by atoms with van der Waals surface area (Å²) in [5.74, 6) is -1.13. The van der Waals surface area contributed by atoms with E-state index < -0.39 is 11.8 Å². The van der Waals surface area contributed by atoms with E-state index in [1.165, 1.54) is 0 Å². The summed E-state index contributed by atoms with van der Waals surface area (Å²) in [7, 11) is 0. The molecule has 1 aromatic carbocycles. The van der Waals surface area contributed by atoms with Gasteiger partial charge in [-0.2, -0.15) is 5.10 Å². The highest BCUT2D eigenvalue weighted by molar-refractivity contribution is 6.43. The summed E-state index contributed by atoms with van der Waals surface area (Å²) in [5.41, 5.74) is 3.46. The summed E-state index contributed by atoms with van der Waals surface area (Å²) < 4.78 is 5.48. The van der Waals surface area contributed by atoms with Crippen LogP contribution in [-0.4, -0.2) is 30.2 Å². The molecule has 118 valence electrons. The van der Waals surface area contributed by atoms with Crippen LogP contribution < -0.4 is 15.5 Å². The third kappa shape index (κ3) is 3.69. The number of ether oxygens (including phenoxy) is 1. The molecule has 1 aliphatic rings. The molecule has 1 aromatic rings. The van der Waals surface area contributed by atoms with Crippen molar-refractivity contribution in [3.8, 4) is 5.75 Å². The van der Waals surface area contributed by atoms with Gasteiger partial charge in [-0.1, -0.05) is 23.2 Å². The standard InChI is InChI=1S/C14H15Cl2N3O3/c1-7(2)17-13(20)14(21)19-18-10-5-6-22-12-8(10)3-4-9(15)11(12)16/h3-4,7H,5-6H2,1-2H3,(H,17,20)(H,19,21)/b18-10-. The molecule has 1 heterocycles. The molecule has 0 spiro atoms. The SMILES string of the molecule is CC(C)NC(=O)C(=O)N/N=C1/CCOc2c1ccc(Cl)c2Cl. The van der Waals surface area contributed by atoms with Gasteiger partial charge in [0.2, 0.25) is 0 Å². The number of hydrazone groups is 1. The van der Waals surface area contributed by atoms with Crippen molar-refractivity contribution >= 4 is 40.7 Å². The van der Waals surface area contributed by atoms with Crippen molar-refractivity contribution in [3.63, 3.8) is 0 Å². The van der Waals surface area contributed by atoms with Gasteiger partial charge in [0.25, 0.3) is 0 Å². The Morgan fingerprint density at radius 1 is 1.27 bits per heavy atom. The monoisotopic (exact) mass is 343 g/mol. The van der Waals surface area contributed by atoms with Gasteiger partial charge in [0, 0.05) is 18.0 Å². The average Bonchev–Trinajstić information content (AvgIpc) is 2.47. The lowest BCUT2D eigenvalue weighted by atomic mass is 10.0. The number of fused-ring (bicyclic) bond motifs is 1. The van der Waals surface area contributed by atoms with Crippen LogP contribution in [0.4, 0.5) is 0 Å². The highest BCUT2D eigenvalue weighted by Crippen LogP contribution is 2.37. The van der Waals surface area contributed by atoms with Crippen LogP contribution in [0.25, 0.3) is 0 Å². The van der Waals surface area contributed by atoms with Gasteiger partial charge in [-0.3, -0.25) is 9.59 Å². The predicted octanol–water partition coefficient (Wildman–Crippen LogP) is 2.12. The van der Waals surface area contributed by atoms with E-state index in [2.05, 4.69) is 15.8 Å². The molecule has 0 fully saturated rings. The first kappa shape index (κ1) is 16.6. The van der Waals surface area contributed by atoms with Crippen LogP contribution >= 0.6 is 23.2 Å². The van der Waals surface area contributed by atoms with Crippen LogP contribution in [0, 0.1) is 0 Å². The molecule has 0 saturated carbocycles. The largest absolute Gasteiger partial charge is 0.491 e. The lowest BCUT2D eigenvalue weighted by Gasteiger charge is -2.20. The fraction of sp³-hybridized carbons (Fsp3) is 0.357. The Kier molecular flexibility index (Phi) is 5.26. The molecule has 0 saturated heterocycles. The fourth-order valence-corrected chi connectivity index (χ4v) is 2.27. The van der Waals surface area contributed by atoms with Crippen molar-refractivity contribution in [2.45, 2.75) is 26.3 Å². The number of rotatable bonds is 2. The lowest BCUT2D eigenvalue weighted by molar-refractivity contribution is -0.139. The Balaban J connectivity index is 2.17. The van der Waals surface area contributed by atoms with Crippen LogP contribution in [-0.2, 0) is 9.59 Å². The summed E-state index contributed by atoms with van der Waals surface area (Å²) in [5, 5.41) is 7.16. The maximum atomic E-state index is 11.6. The van der Waals surface area contributed by atoms with Gasteiger partial charge >= 0.3 is 11.8 Å². The minimum Gasteiger partial charge on any atom is -0.491 e. The molecule has 2 N–H and O–H groups in total. The van der Waals surface area contributed by atoms with Gasteiger partial charge in [-0.15, -0.1) is 0 Å². The van der Waals surface area contributed by atoms with Gasteiger partial charge in [-0.05, 0) is 26.0 Å². The molecule has 0 unspecified atom stereocenters. The molecule has 0 bridgehead atoms. The van der Waals surface area contributed by atoms with E-state index in [0.29, 0.717) is 40.1 Å². The van der Waals surface area contributed by atoms with Crippen LogP contribution in [0.2, 0.25) is 10.0 Å². The highest BCUT2D eigenvalue weighted by Gasteiger charge is 2.22. The maximum Gasteiger partial charge on any atom is 0.329 e. The van der Waals surface area contributed by atoms with Crippen LogP contribution in [0.1, 0.15) is 25.8 Å². The van der Waals surface area contributed by atoms with E-state index in [4.69, 9.17) is 27.9 Å². The zero-order valence-corrected chi connectivity index (χ0v) is 13.6. The summed E-state index contributed by atoms with van der Waals surface area (Å²) in [6.07, 6.45) is 0.483. The smallest absolute Gasteiger partial charge is 0.329 e. The van der Waals surface area contributed by atoms with Crippen molar-refractivity contribution in [1.82, 2.24) is 10.7 Å². The van der Waals surface area contributed by atoms with Crippen molar-refractivity contribution in [3.05, 3.63) is 27.7 Å². The summed E-state index contributed by atoms with van der Waals surface area (Å²) >= 11 is 12.0. The molecule has 2 amide bonds. The predicted molar refractivity (Wildman–Crippen MR) is 84.5 cm³/mol. The number of hydrogen-bond donors (Lipinski definition) is 2. The topological polar surface area (TPSA) is 79.8 Å². The van der Waals surface area contributed by atoms with Crippen LogP contribution in [0.3, 0.4) is 0 Å². The molecule has 0 atom stereocenters. The molecule has 8 heteroatoms. The first-order valence-corrected chi connectivity index (χ1v) is 7.44. The van der Waals surface area contributed by atoms with Crippen molar-refractivity contribution in [2.75, 3.05) is 6.61 Å². The van der Waals surface area contributed by atoms with Gasteiger partial charge in [0.05, 0.1) is 17.3 Å². The van der Waals surface area contributed by atoms with E-state index >= 15 is 0 Å². The molecular weight excluding hydrogens is 329 g/mol. The Labute approximate surface area is 137 Å². The fourth-order valence-electron chi connectivity index (χ4n) is 1.90. The van der Waals surface area contributed by atoms with Crippen molar-refractivity contribution in [2.24, 2.45) is 5.10 Å². The Morgan fingerprint density at radius 2 is 2.00 bits per heavy atom. The number of benzene rings is 1. The Bertz CT molecular complexity index is 644. The molecule has 0 aromatic heterocycles. The van der Waals surface area contributed by atoms with Crippen LogP contribution in [0.15, 0.2) is 17.2 Å². The number of amides is 2. The second kappa shape index (κ2) is 6.98. The third-order valence-corrected chi connectivity index (χ3v) is 3.65. The Hall–Kier alpha value is -1.79. The molecule has 22 heavy (non-hydrogen) atoms. The average molecular weight is 344 g/mol. The minimum atomic E-state index is -0.825. The molecule has 2 rings (SSSR count). The molecule has 1 aliphatic heterocycles. The maximum absolute atomic E-state index is 11.6. The van der Waals surface area contributed by atoms with Gasteiger partial charge < -0.3 is 10.1 Å². The number of nitrogens with zero attached hydrogens (tertiary/aromatic N) is 1. The number of hydrogen-bond acceptors (Lipinski definition) is 4. The van der Waals surface area contributed by atoms with E-state index in [1.54, 1.807) is 26.0 Å². The van der Waals surface area contributed by atoms with Crippen molar-refractivity contribution < 1.29 is 14.3 Å². The second-order valence-corrected chi connectivity index (χ2v) is 5.75. The first-order valence-electron chi connectivity index (χ1n) is 6.68. The molecule has 0 radical (unpaired) electrons. The zero-order valence-electron chi connectivity index (χ0n) is 12.1. The Morgan fingerprint density at radius 3 is 2.68 bits per heavy atom. The number of carbonyl (C=O) groups excluding carboxylic acids is 2. The first-order chi connectivity index (χ1) is 10.4. The van der Waals surface area contributed by atoms with E-state index in [9.17, 15) is 9.59 Å². The highest BCUT2D eigenvalue weighted by atomic mass is 35.5. The van der Waals surface area contributed by atoms with E-state index in [1.807, 2.05) is 0 Å². The molecule has 6 nitrogen and oxygen atoms in total. The second-order valence-electron chi connectivity index (χ2n) is 4.96. The normalized spacial score (nSPS) is 15.2. The molecular formula is C14H15Cl2N3O3. The number of nitrogens with one attached hydrogen (secondary N) is 2. The summed E-state index contributed by atoms with van der Waals surface area (Å²) in [4.78, 5) is 23.2. The number of carbonyl (C=O) groups is 2. The zero-order chi connectivity index (χ0) is 16.3. The van der Waals surface area contributed by atoms with E-state index in [-0.39, 0.29) is 6.04 Å². The lowest BCUT2D eigenvalue weighted by Crippen LogP contribution is -2.41. The molecule has 0 aliphatic carbocycles. The number of halogens is 2. The van der Waals surface area contributed by atoms with Crippen LogP contribution in [0.5, 0.6) is 5.75 Å². The summed E-state index contributed by atoms with van der Waals surface area (Å²) in [6, 6.07) is 3.21. The van der Waals surface area contributed by atoms with Crippen molar-refractivity contribution in [1.29, 1.82) is 0 Å².